The van der Waals surface area contributed by atoms with Gasteiger partial charge in [0, 0.05) is 49.2 Å². The van der Waals surface area contributed by atoms with Crippen molar-refractivity contribution in [3.8, 4) is 0 Å². The number of nitrogens with zero attached hydrogens (tertiary/aromatic N) is 5. The molecule has 0 bridgehead atoms. The van der Waals surface area contributed by atoms with Crippen LogP contribution in [-0.2, 0) is 6.54 Å². The highest BCUT2D eigenvalue weighted by atomic mass is 127. The zero-order chi connectivity index (χ0) is 16.9. The van der Waals surface area contributed by atoms with E-state index in [2.05, 4.69) is 19.9 Å². The van der Waals surface area contributed by atoms with Crippen LogP contribution in [0.2, 0.25) is 5.02 Å². The molecule has 0 saturated carbocycles. The van der Waals surface area contributed by atoms with Gasteiger partial charge in [-0.3, -0.25) is 0 Å². The van der Waals surface area contributed by atoms with E-state index in [-0.39, 0.29) is 36.3 Å². The molecule has 0 unspecified atom stereocenters. The van der Waals surface area contributed by atoms with Crippen molar-refractivity contribution >= 4 is 47.5 Å². The lowest BCUT2D eigenvalue weighted by molar-refractivity contribution is 0.378. The molecule has 134 valence electrons. The van der Waals surface area contributed by atoms with Gasteiger partial charge in [0.15, 0.2) is 5.96 Å². The molecule has 1 saturated heterocycles. The summed E-state index contributed by atoms with van der Waals surface area (Å²) in [5.74, 6) is 0.763. The van der Waals surface area contributed by atoms with Crippen LogP contribution in [0.5, 0.6) is 0 Å². The number of hydrogen-bond acceptors (Lipinski definition) is 4. The van der Waals surface area contributed by atoms with Crippen molar-refractivity contribution in [3.05, 3.63) is 53.1 Å². The van der Waals surface area contributed by atoms with Gasteiger partial charge in [-0.25, -0.2) is 19.4 Å². The number of piperazine rings is 1. The average molecular weight is 477 g/mol. The molecular formula is C16H19ClFIN6. The molecule has 1 fully saturated rings. The lowest BCUT2D eigenvalue weighted by Crippen LogP contribution is -2.51. The van der Waals surface area contributed by atoms with E-state index in [9.17, 15) is 4.39 Å². The number of halogens is 3. The largest absolute Gasteiger partial charge is 0.370 e. The van der Waals surface area contributed by atoms with Crippen LogP contribution in [0.25, 0.3) is 0 Å². The maximum Gasteiger partial charge on any atom is 0.225 e. The highest BCUT2D eigenvalue weighted by Crippen LogP contribution is 2.15. The third-order valence-corrected chi connectivity index (χ3v) is 4.10. The maximum atomic E-state index is 13.8. The molecule has 2 aromatic rings. The normalized spacial score (nSPS) is 15.0. The van der Waals surface area contributed by atoms with E-state index in [4.69, 9.17) is 17.3 Å². The van der Waals surface area contributed by atoms with Gasteiger partial charge >= 0.3 is 0 Å². The highest BCUT2D eigenvalue weighted by Gasteiger charge is 2.19. The van der Waals surface area contributed by atoms with Gasteiger partial charge in [-0.05, 0) is 18.2 Å². The summed E-state index contributed by atoms with van der Waals surface area (Å²) in [5, 5.41) is 0.368. The van der Waals surface area contributed by atoms with Gasteiger partial charge in [-0.1, -0.05) is 17.7 Å². The van der Waals surface area contributed by atoms with Gasteiger partial charge in [0.1, 0.15) is 5.82 Å². The first-order valence-electron chi connectivity index (χ1n) is 7.64. The summed E-state index contributed by atoms with van der Waals surface area (Å²) in [6.45, 7) is 3.15. The Morgan fingerprint density at radius 1 is 1.20 bits per heavy atom. The number of guanidine groups is 1. The molecule has 2 heterocycles. The molecule has 0 radical (unpaired) electrons. The molecule has 1 aliphatic rings. The molecule has 1 aliphatic heterocycles. The molecule has 0 spiro atoms. The van der Waals surface area contributed by atoms with E-state index in [1.807, 2.05) is 4.90 Å². The fraction of sp³-hybridized carbons (Fsp3) is 0.312. The molecule has 0 aliphatic carbocycles. The monoisotopic (exact) mass is 476 g/mol. The fourth-order valence-electron chi connectivity index (χ4n) is 2.51. The van der Waals surface area contributed by atoms with Crippen molar-refractivity contribution in [2.75, 3.05) is 31.1 Å². The Morgan fingerprint density at radius 2 is 1.88 bits per heavy atom. The first-order valence-corrected chi connectivity index (χ1v) is 8.02. The van der Waals surface area contributed by atoms with Crippen LogP contribution in [0.15, 0.2) is 41.7 Å². The summed E-state index contributed by atoms with van der Waals surface area (Å²) in [6, 6.07) is 6.34. The standard InChI is InChI=1S/C16H18ClFN6.HI/c17-13-3-2-12(14(18)10-13)11-22-15(19)23-6-8-24(9-7-23)16-20-4-1-5-21-16;/h1-5,10H,6-9,11H2,(H2,19,22);1H. The van der Waals surface area contributed by atoms with Crippen LogP contribution < -0.4 is 10.6 Å². The van der Waals surface area contributed by atoms with Crippen molar-refractivity contribution in [2.24, 2.45) is 10.7 Å². The predicted molar refractivity (Wildman–Crippen MR) is 108 cm³/mol. The van der Waals surface area contributed by atoms with Gasteiger partial charge in [0.2, 0.25) is 5.95 Å². The lowest BCUT2D eigenvalue weighted by atomic mass is 10.2. The lowest BCUT2D eigenvalue weighted by Gasteiger charge is -2.35. The van der Waals surface area contributed by atoms with Crippen LogP contribution in [0.1, 0.15) is 5.56 Å². The quantitative estimate of drug-likeness (QED) is 0.419. The minimum atomic E-state index is -0.370. The molecular weight excluding hydrogens is 458 g/mol. The number of anilines is 1. The first-order chi connectivity index (χ1) is 11.6. The van der Waals surface area contributed by atoms with E-state index in [1.54, 1.807) is 30.6 Å². The summed E-state index contributed by atoms with van der Waals surface area (Å²) in [6.07, 6.45) is 3.45. The minimum absolute atomic E-state index is 0. The first kappa shape index (κ1) is 19.6. The van der Waals surface area contributed by atoms with Crippen molar-refractivity contribution in [2.45, 2.75) is 6.54 Å². The summed E-state index contributed by atoms with van der Waals surface area (Å²) in [7, 11) is 0. The minimum Gasteiger partial charge on any atom is -0.370 e. The fourth-order valence-corrected chi connectivity index (χ4v) is 2.66. The molecule has 2 N–H and O–H groups in total. The Morgan fingerprint density at radius 3 is 2.52 bits per heavy atom. The Kier molecular flexibility index (Phi) is 7.18. The molecule has 6 nitrogen and oxygen atoms in total. The SMILES string of the molecule is I.NC(=NCc1ccc(Cl)cc1F)N1CCN(c2ncccn2)CC1. The van der Waals surface area contributed by atoms with E-state index in [0.717, 1.165) is 32.1 Å². The maximum absolute atomic E-state index is 13.8. The Hall–Kier alpha value is -1.68. The molecule has 9 heteroatoms. The van der Waals surface area contributed by atoms with Gasteiger partial charge in [-0.15, -0.1) is 24.0 Å². The highest BCUT2D eigenvalue weighted by molar-refractivity contribution is 14.0. The second-order valence-electron chi connectivity index (χ2n) is 5.43. The number of benzene rings is 1. The summed E-state index contributed by atoms with van der Waals surface area (Å²) in [4.78, 5) is 16.9. The zero-order valence-corrected chi connectivity index (χ0v) is 16.6. The van der Waals surface area contributed by atoms with Crippen molar-refractivity contribution in [1.29, 1.82) is 0 Å². The Labute approximate surface area is 167 Å². The second kappa shape index (κ2) is 9.14. The summed E-state index contributed by atoms with van der Waals surface area (Å²) >= 11 is 5.74. The zero-order valence-electron chi connectivity index (χ0n) is 13.5. The number of nitrogens with two attached hydrogens (primary N) is 1. The smallest absolute Gasteiger partial charge is 0.225 e. The van der Waals surface area contributed by atoms with Gasteiger partial charge in [0.05, 0.1) is 6.54 Å². The summed E-state index contributed by atoms with van der Waals surface area (Å²) in [5.41, 5.74) is 6.51. The number of aliphatic imine (C=N–C) groups is 1. The van der Waals surface area contributed by atoms with Crippen molar-refractivity contribution < 1.29 is 4.39 Å². The third kappa shape index (κ3) is 5.15. The van der Waals surface area contributed by atoms with Crippen molar-refractivity contribution in [3.63, 3.8) is 0 Å². The average Bonchev–Trinajstić information content (AvgIpc) is 2.62. The van der Waals surface area contributed by atoms with Crippen LogP contribution >= 0.6 is 35.6 Å². The molecule has 0 amide bonds. The molecule has 1 aromatic heterocycles. The van der Waals surface area contributed by atoms with Crippen LogP contribution in [-0.4, -0.2) is 47.0 Å². The number of aromatic nitrogens is 2. The molecule has 25 heavy (non-hydrogen) atoms. The van der Waals surface area contributed by atoms with E-state index in [0.29, 0.717) is 16.5 Å². The Balaban J connectivity index is 0.00000225. The van der Waals surface area contributed by atoms with Crippen LogP contribution in [0.3, 0.4) is 0 Å². The molecule has 1 aromatic carbocycles. The van der Waals surface area contributed by atoms with E-state index < -0.39 is 0 Å². The van der Waals surface area contributed by atoms with Gasteiger partial charge in [-0.2, -0.15) is 0 Å². The number of rotatable bonds is 3. The Bertz CT molecular complexity index is 722. The van der Waals surface area contributed by atoms with Crippen LogP contribution in [0, 0.1) is 5.82 Å². The van der Waals surface area contributed by atoms with Gasteiger partial charge in [0.25, 0.3) is 0 Å². The van der Waals surface area contributed by atoms with Gasteiger partial charge < -0.3 is 15.5 Å². The third-order valence-electron chi connectivity index (χ3n) is 3.87. The second-order valence-corrected chi connectivity index (χ2v) is 5.87. The molecule has 0 atom stereocenters. The van der Waals surface area contributed by atoms with E-state index in [1.165, 1.54) is 6.07 Å². The number of hydrogen-bond donors (Lipinski definition) is 1. The molecule has 3 rings (SSSR count). The van der Waals surface area contributed by atoms with Crippen LogP contribution in [0.4, 0.5) is 10.3 Å². The summed E-state index contributed by atoms with van der Waals surface area (Å²) < 4.78 is 13.8. The van der Waals surface area contributed by atoms with E-state index >= 15 is 0 Å². The topological polar surface area (TPSA) is 70.6 Å². The van der Waals surface area contributed by atoms with Crippen molar-refractivity contribution in [1.82, 2.24) is 14.9 Å². The predicted octanol–water partition coefficient (Wildman–Crippen LogP) is 2.52.